The molecule has 2 rings (SSSR count). The second-order valence-electron chi connectivity index (χ2n) is 9.11. The monoisotopic (exact) mass is 436 g/mol. The van der Waals surface area contributed by atoms with Gasteiger partial charge in [0, 0.05) is 12.1 Å². The van der Waals surface area contributed by atoms with Crippen LogP contribution in [0.15, 0.2) is 30.3 Å². The summed E-state index contributed by atoms with van der Waals surface area (Å²) in [6, 6.07) is 9.74. The number of hydrogen-bond donors (Lipinski definition) is 2. The summed E-state index contributed by atoms with van der Waals surface area (Å²) in [7, 11) is 0. The summed E-state index contributed by atoms with van der Waals surface area (Å²) in [4.78, 5) is 24.5. The quantitative estimate of drug-likeness (QED) is 0.621. The molecule has 0 spiro atoms. The lowest BCUT2D eigenvalue weighted by Gasteiger charge is -2.37. The van der Waals surface area contributed by atoms with E-state index in [-0.39, 0.29) is 36.8 Å². The standard InChI is InChI=1S/C23H36N2O4S/c1-16(2)30-15-18-13-19(24-22(27)29-23(3,4)5)11-12-20(18)25-21(26)28-14-17-9-7-6-8-10-17/h6-10,16,18-20H,11-15H2,1-5H3,(H,24,27)(H,25,26). The molecule has 168 valence electrons. The van der Waals surface area contributed by atoms with Crippen molar-refractivity contribution in [1.29, 1.82) is 0 Å². The first-order valence-electron chi connectivity index (χ1n) is 10.7. The van der Waals surface area contributed by atoms with E-state index in [4.69, 9.17) is 9.47 Å². The molecule has 0 bridgehead atoms. The molecule has 0 aromatic heterocycles. The van der Waals surface area contributed by atoms with E-state index in [0.29, 0.717) is 5.25 Å². The van der Waals surface area contributed by atoms with Gasteiger partial charge in [-0.2, -0.15) is 11.8 Å². The Balaban J connectivity index is 1.88. The van der Waals surface area contributed by atoms with Crippen LogP contribution in [0.25, 0.3) is 0 Å². The van der Waals surface area contributed by atoms with Gasteiger partial charge in [0.2, 0.25) is 0 Å². The van der Waals surface area contributed by atoms with Crippen LogP contribution in [0.5, 0.6) is 0 Å². The fraction of sp³-hybridized carbons (Fsp3) is 0.652. The van der Waals surface area contributed by atoms with Crippen LogP contribution in [0.4, 0.5) is 9.59 Å². The molecule has 1 aromatic rings. The molecule has 6 nitrogen and oxygen atoms in total. The average Bonchev–Trinajstić information content (AvgIpc) is 2.65. The van der Waals surface area contributed by atoms with Crippen molar-refractivity contribution in [3.8, 4) is 0 Å². The number of thioether (sulfide) groups is 1. The first-order chi connectivity index (χ1) is 14.1. The molecule has 1 saturated carbocycles. The van der Waals surface area contributed by atoms with Crippen molar-refractivity contribution >= 4 is 23.9 Å². The van der Waals surface area contributed by atoms with E-state index >= 15 is 0 Å². The molecule has 0 saturated heterocycles. The lowest BCUT2D eigenvalue weighted by atomic mass is 9.82. The highest BCUT2D eigenvalue weighted by Crippen LogP contribution is 2.29. The second kappa shape index (κ2) is 11.5. The highest BCUT2D eigenvalue weighted by molar-refractivity contribution is 7.99. The molecule has 7 heteroatoms. The Hall–Kier alpha value is -1.89. The summed E-state index contributed by atoms with van der Waals surface area (Å²) < 4.78 is 10.8. The minimum atomic E-state index is -0.516. The average molecular weight is 437 g/mol. The molecule has 0 heterocycles. The number of carbonyl (C=O) groups excluding carboxylic acids is 2. The van der Waals surface area contributed by atoms with Gasteiger partial charge >= 0.3 is 12.2 Å². The molecule has 2 amide bonds. The SMILES string of the molecule is CC(C)SCC1CC(NC(=O)OC(C)(C)C)CCC1NC(=O)OCc1ccccc1. The summed E-state index contributed by atoms with van der Waals surface area (Å²) in [6.45, 7) is 10.2. The van der Waals surface area contributed by atoms with E-state index in [1.807, 2.05) is 62.9 Å². The van der Waals surface area contributed by atoms with Crippen LogP contribution >= 0.6 is 11.8 Å². The third-order valence-corrected chi connectivity index (χ3v) is 6.15. The first kappa shape index (κ1) is 24.4. The van der Waals surface area contributed by atoms with Gasteiger partial charge in [-0.1, -0.05) is 44.2 Å². The molecule has 3 unspecified atom stereocenters. The van der Waals surface area contributed by atoms with Crippen LogP contribution in [0.2, 0.25) is 0 Å². The predicted molar refractivity (Wildman–Crippen MR) is 122 cm³/mol. The van der Waals surface area contributed by atoms with Crippen LogP contribution in [0.1, 0.15) is 59.4 Å². The number of alkyl carbamates (subject to hydrolysis) is 2. The predicted octanol–water partition coefficient (Wildman–Crippen LogP) is 5.12. The van der Waals surface area contributed by atoms with Crippen LogP contribution in [-0.4, -0.2) is 40.9 Å². The van der Waals surface area contributed by atoms with Crippen molar-refractivity contribution in [2.75, 3.05) is 5.75 Å². The van der Waals surface area contributed by atoms with Crippen molar-refractivity contribution in [3.05, 3.63) is 35.9 Å². The molecular formula is C23H36N2O4S. The largest absolute Gasteiger partial charge is 0.445 e. The van der Waals surface area contributed by atoms with Crippen molar-refractivity contribution in [3.63, 3.8) is 0 Å². The minimum absolute atomic E-state index is 0.0382. The maximum Gasteiger partial charge on any atom is 0.407 e. The molecule has 1 aliphatic rings. The summed E-state index contributed by atoms with van der Waals surface area (Å²) in [5.41, 5.74) is 0.447. The Kier molecular flexibility index (Phi) is 9.34. The van der Waals surface area contributed by atoms with Crippen molar-refractivity contribution in [2.24, 2.45) is 5.92 Å². The number of amides is 2. The molecule has 2 N–H and O–H groups in total. The minimum Gasteiger partial charge on any atom is -0.445 e. The number of ether oxygens (including phenoxy) is 2. The topological polar surface area (TPSA) is 76.7 Å². The van der Waals surface area contributed by atoms with Crippen LogP contribution in [0.3, 0.4) is 0 Å². The number of rotatable bonds is 7. The Morgan fingerprint density at radius 2 is 1.80 bits per heavy atom. The van der Waals surface area contributed by atoms with Crippen molar-refractivity contribution in [2.45, 2.75) is 83.4 Å². The molecular weight excluding hydrogens is 400 g/mol. The molecule has 30 heavy (non-hydrogen) atoms. The van der Waals surface area contributed by atoms with E-state index in [1.165, 1.54) is 0 Å². The molecule has 3 atom stereocenters. The third kappa shape index (κ3) is 9.28. The van der Waals surface area contributed by atoms with Crippen molar-refractivity contribution < 1.29 is 19.1 Å². The Morgan fingerprint density at radius 3 is 2.43 bits per heavy atom. The van der Waals surface area contributed by atoms with Gasteiger partial charge in [0.05, 0.1) is 0 Å². The Morgan fingerprint density at radius 1 is 1.10 bits per heavy atom. The van der Waals surface area contributed by atoms with Gasteiger partial charge in [-0.25, -0.2) is 9.59 Å². The number of carbonyl (C=O) groups is 2. The zero-order valence-corrected chi connectivity index (χ0v) is 19.6. The lowest BCUT2D eigenvalue weighted by molar-refractivity contribution is 0.0478. The normalized spacial score (nSPS) is 21.7. The molecule has 1 aromatic carbocycles. The van der Waals surface area contributed by atoms with Gasteiger partial charge in [0.1, 0.15) is 12.2 Å². The maximum atomic E-state index is 12.4. The second-order valence-corrected chi connectivity index (χ2v) is 10.7. The summed E-state index contributed by atoms with van der Waals surface area (Å²) >= 11 is 1.87. The fourth-order valence-electron chi connectivity index (χ4n) is 3.48. The Labute approximate surface area is 184 Å². The van der Waals surface area contributed by atoms with E-state index in [0.717, 1.165) is 30.6 Å². The van der Waals surface area contributed by atoms with Gasteiger partial charge in [-0.15, -0.1) is 0 Å². The van der Waals surface area contributed by atoms with Crippen LogP contribution in [0, 0.1) is 5.92 Å². The third-order valence-electron chi connectivity index (χ3n) is 4.86. The molecule has 1 aliphatic carbocycles. The number of benzene rings is 1. The molecule has 1 fully saturated rings. The fourth-order valence-corrected chi connectivity index (χ4v) is 4.48. The highest BCUT2D eigenvalue weighted by atomic mass is 32.2. The number of hydrogen-bond acceptors (Lipinski definition) is 5. The van der Waals surface area contributed by atoms with E-state index in [9.17, 15) is 9.59 Å². The zero-order chi connectivity index (χ0) is 22.1. The van der Waals surface area contributed by atoms with Gasteiger partial charge in [-0.3, -0.25) is 0 Å². The Bertz CT molecular complexity index is 676. The maximum absolute atomic E-state index is 12.4. The van der Waals surface area contributed by atoms with Crippen LogP contribution in [-0.2, 0) is 16.1 Å². The van der Waals surface area contributed by atoms with E-state index < -0.39 is 5.60 Å². The molecule has 0 radical (unpaired) electrons. The van der Waals surface area contributed by atoms with E-state index in [1.54, 1.807) is 0 Å². The highest BCUT2D eigenvalue weighted by Gasteiger charge is 2.33. The summed E-state index contributed by atoms with van der Waals surface area (Å²) in [6.07, 6.45) is 1.64. The first-order valence-corrected chi connectivity index (χ1v) is 11.8. The summed E-state index contributed by atoms with van der Waals surface area (Å²) in [5.74, 6) is 1.18. The van der Waals surface area contributed by atoms with Gasteiger partial charge in [-0.05, 0) is 62.5 Å². The van der Waals surface area contributed by atoms with Gasteiger partial charge < -0.3 is 20.1 Å². The smallest absolute Gasteiger partial charge is 0.407 e. The van der Waals surface area contributed by atoms with Gasteiger partial charge in [0.25, 0.3) is 0 Å². The van der Waals surface area contributed by atoms with Crippen molar-refractivity contribution in [1.82, 2.24) is 10.6 Å². The van der Waals surface area contributed by atoms with Crippen LogP contribution < -0.4 is 10.6 Å². The number of nitrogens with one attached hydrogen (secondary N) is 2. The van der Waals surface area contributed by atoms with E-state index in [2.05, 4.69) is 24.5 Å². The summed E-state index contributed by atoms with van der Waals surface area (Å²) in [5, 5.41) is 6.56. The van der Waals surface area contributed by atoms with Gasteiger partial charge in [0.15, 0.2) is 0 Å². The lowest BCUT2D eigenvalue weighted by Crippen LogP contribution is -2.50. The zero-order valence-electron chi connectivity index (χ0n) is 18.8. The molecule has 0 aliphatic heterocycles.